The summed E-state index contributed by atoms with van der Waals surface area (Å²) < 4.78 is 0. The third-order valence-electron chi connectivity index (χ3n) is 5.83. The van der Waals surface area contributed by atoms with Crippen molar-refractivity contribution in [1.29, 1.82) is 0 Å². The van der Waals surface area contributed by atoms with E-state index < -0.39 is 23.9 Å². The maximum absolute atomic E-state index is 12.3. The van der Waals surface area contributed by atoms with Crippen molar-refractivity contribution in [3.8, 4) is 0 Å². The molecule has 0 unspecified atom stereocenters. The number of nitrogens with one attached hydrogen (secondary N) is 2. The van der Waals surface area contributed by atoms with Gasteiger partial charge in [0.2, 0.25) is 5.95 Å². The molecular formula is C25H30N4O6S. The van der Waals surface area contributed by atoms with Gasteiger partial charge in [0.1, 0.15) is 10.9 Å². The fourth-order valence-electron chi connectivity index (χ4n) is 3.87. The van der Waals surface area contributed by atoms with Crippen LogP contribution in [0.15, 0.2) is 35.1 Å². The van der Waals surface area contributed by atoms with Crippen molar-refractivity contribution >= 4 is 45.3 Å². The molecule has 6 N–H and O–H groups in total. The number of nitrogen functional groups attached to an aromatic ring is 1. The van der Waals surface area contributed by atoms with Crippen LogP contribution in [0.5, 0.6) is 0 Å². The Bertz CT molecular complexity index is 1270. The first-order chi connectivity index (χ1) is 17.2. The molecule has 2 heterocycles. The molecule has 2 aromatic heterocycles. The van der Waals surface area contributed by atoms with Gasteiger partial charge in [0.15, 0.2) is 0 Å². The molecule has 0 fully saturated rings. The first-order valence-electron chi connectivity index (χ1n) is 11.9. The summed E-state index contributed by atoms with van der Waals surface area (Å²) in [6.07, 6.45) is 6.59. The molecule has 0 aliphatic carbocycles. The van der Waals surface area contributed by atoms with Gasteiger partial charge in [-0.25, -0.2) is 9.78 Å². The summed E-state index contributed by atoms with van der Waals surface area (Å²) in [5.41, 5.74) is 6.82. The number of hydrogen-bond acceptors (Lipinski definition) is 7. The maximum atomic E-state index is 12.3. The number of benzene rings is 1. The zero-order valence-electron chi connectivity index (χ0n) is 19.8. The van der Waals surface area contributed by atoms with Gasteiger partial charge in [-0.3, -0.25) is 19.4 Å². The number of thiophene rings is 1. The predicted molar refractivity (Wildman–Crippen MR) is 137 cm³/mol. The molecule has 1 atom stereocenters. The number of nitrogens with zero attached hydrogens (tertiary/aromatic N) is 1. The first-order valence-corrected chi connectivity index (χ1v) is 12.7. The van der Waals surface area contributed by atoms with Gasteiger partial charge >= 0.3 is 11.9 Å². The highest BCUT2D eigenvalue weighted by Gasteiger charge is 2.21. The maximum Gasteiger partial charge on any atom is 0.326 e. The number of amides is 1. The standard InChI is InChI=1S/C25H30N4O6S/c26-25-28-22(33)18-14-17(36-23(18)29-25)7-5-3-1-2-4-6-15-8-10-16(11-9-15)21(32)27-19(24(34)35)12-13-20(30)31/h8-11,14,19H,1-7,12-13H2,(H,27,32)(H,30,31)(H,34,35)(H3,26,28,29,33)/t19-/m0/s1. The number of carboxylic acids is 2. The molecule has 0 aliphatic heterocycles. The third kappa shape index (κ3) is 7.91. The summed E-state index contributed by atoms with van der Waals surface area (Å²) in [6.45, 7) is 0. The lowest BCUT2D eigenvalue weighted by Crippen LogP contribution is -2.41. The summed E-state index contributed by atoms with van der Waals surface area (Å²) in [5, 5.41) is 20.9. The third-order valence-corrected chi connectivity index (χ3v) is 6.92. The number of aryl methyl sites for hydroxylation is 2. The van der Waals surface area contributed by atoms with Crippen molar-refractivity contribution < 1.29 is 24.6 Å². The van der Waals surface area contributed by atoms with E-state index in [1.165, 1.54) is 11.3 Å². The van der Waals surface area contributed by atoms with Crippen LogP contribution in [-0.2, 0) is 22.4 Å². The number of H-pyrrole nitrogens is 1. The monoisotopic (exact) mass is 514 g/mol. The number of rotatable bonds is 14. The lowest BCUT2D eigenvalue weighted by atomic mass is 10.0. The quantitative estimate of drug-likeness (QED) is 0.203. The molecule has 0 spiro atoms. The zero-order valence-corrected chi connectivity index (χ0v) is 20.6. The molecule has 1 amide bonds. The molecule has 3 aromatic rings. The van der Waals surface area contributed by atoms with Gasteiger partial charge in [0.25, 0.3) is 11.5 Å². The minimum Gasteiger partial charge on any atom is -0.481 e. The molecule has 0 saturated carbocycles. The molecule has 11 heteroatoms. The fraction of sp³-hybridized carbons (Fsp3) is 0.400. The molecule has 36 heavy (non-hydrogen) atoms. The van der Waals surface area contributed by atoms with E-state index in [0.29, 0.717) is 15.8 Å². The van der Waals surface area contributed by atoms with Crippen LogP contribution in [0.2, 0.25) is 0 Å². The Morgan fingerprint density at radius 2 is 1.69 bits per heavy atom. The van der Waals surface area contributed by atoms with Crippen LogP contribution in [0, 0.1) is 0 Å². The summed E-state index contributed by atoms with van der Waals surface area (Å²) >= 11 is 1.51. The number of anilines is 1. The number of carboxylic acid groups (broad SMARTS) is 2. The average molecular weight is 515 g/mol. The van der Waals surface area contributed by atoms with E-state index in [4.69, 9.17) is 10.8 Å². The van der Waals surface area contributed by atoms with E-state index in [2.05, 4.69) is 15.3 Å². The number of carbonyl (C=O) groups is 3. The van der Waals surface area contributed by atoms with Gasteiger partial charge in [-0.2, -0.15) is 0 Å². The van der Waals surface area contributed by atoms with E-state index in [0.717, 1.165) is 55.4 Å². The number of aromatic amines is 1. The van der Waals surface area contributed by atoms with Crippen LogP contribution in [0.25, 0.3) is 10.2 Å². The molecule has 0 aliphatic rings. The minimum atomic E-state index is -1.26. The number of hydrogen-bond donors (Lipinski definition) is 5. The second kappa shape index (κ2) is 12.8. The van der Waals surface area contributed by atoms with Crippen molar-refractivity contribution in [3.05, 3.63) is 56.7 Å². The summed E-state index contributed by atoms with van der Waals surface area (Å²) in [5.74, 6) is -2.78. The second-order valence-corrected chi connectivity index (χ2v) is 9.76. The molecule has 1 aromatic carbocycles. The van der Waals surface area contributed by atoms with Crippen molar-refractivity contribution in [2.24, 2.45) is 0 Å². The normalized spacial score (nSPS) is 11.9. The van der Waals surface area contributed by atoms with E-state index in [1.54, 1.807) is 12.1 Å². The smallest absolute Gasteiger partial charge is 0.326 e. The lowest BCUT2D eigenvalue weighted by molar-refractivity contribution is -0.140. The van der Waals surface area contributed by atoms with Crippen molar-refractivity contribution in [2.75, 3.05) is 5.73 Å². The van der Waals surface area contributed by atoms with E-state index in [1.807, 2.05) is 18.2 Å². The average Bonchev–Trinajstić information content (AvgIpc) is 3.24. The molecule has 0 saturated heterocycles. The number of nitrogens with two attached hydrogens (primary N) is 1. The van der Waals surface area contributed by atoms with Gasteiger partial charge in [0.05, 0.1) is 5.39 Å². The number of aromatic nitrogens is 2. The van der Waals surface area contributed by atoms with E-state index >= 15 is 0 Å². The fourth-order valence-corrected chi connectivity index (χ4v) is 4.95. The summed E-state index contributed by atoms with van der Waals surface area (Å²) in [7, 11) is 0. The first kappa shape index (κ1) is 26.9. The summed E-state index contributed by atoms with van der Waals surface area (Å²) in [4.78, 5) is 54.7. The van der Waals surface area contributed by atoms with Crippen molar-refractivity contribution in [2.45, 2.75) is 63.8 Å². The molecule has 10 nitrogen and oxygen atoms in total. The van der Waals surface area contributed by atoms with Crippen LogP contribution in [0.1, 0.15) is 65.7 Å². The van der Waals surface area contributed by atoms with E-state index in [-0.39, 0.29) is 24.3 Å². The van der Waals surface area contributed by atoms with Crippen LogP contribution < -0.4 is 16.6 Å². The topological polar surface area (TPSA) is 175 Å². The SMILES string of the molecule is Nc1nc2sc(CCCCCCCc3ccc(C(=O)N[C@@H](CCC(=O)O)C(=O)O)cc3)cc2c(=O)[nH]1. The van der Waals surface area contributed by atoms with Crippen molar-refractivity contribution in [3.63, 3.8) is 0 Å². The van der Waals surface area contributed by atoms with Crippen LogP contribution >= 0.6 is 11.3 Å². The van der Waals surface area contributed by atoms with Gasteiger partial charge in [-0.05, 0) is 55.9 Å². The van der Waals surface area contributed by atoms with E-state index in [9.17, 15) is 24.3 Å². The number of aliphatic carboxylic acids is 2. The Morgan fingerprint density at radius 1 is 1.03 bits per heavy atom. The van der Waals surface area contributed by atoms with Gasteiger partial charge in [-0.1, -0.05) is 31.4 Å². The van der Waals surface area contributed by atoms with Gasteiger partial charge in [-0.15, -0.1) is 11.3 Å². The molecule has 192 valence electrons. The summed E-state index contributed by atoms with van der Waals surface area (Å²) in [6, 6.07) is 7.66. The Balaban J connectivity index is 1.35. The Labute approximate surface area is 211 Å². The highest BCUT2D eigenvalue weighted by molar-refractivity contribution is 7.18. The molecule has 3 rings (SSSR count). The molecule has 0 radical (unpaired) electrons. The largest absolute Gasteiger partial charge is 0.481 e. The molecular weight excluding hydrogens is 484 g/mol. The minimum absolute atomic E-state index is 0.138. The van der Waals surface area contributed by atoms with Crippen LogP contribution in [0.4, 0.5) is 5.95 Å². The Kier molecular flexibility index (Phi) is 9.57. The van der Waals surface area contributed by atoms with Gasteiger partial charge in [0, 0.05) is 16.9 Å². The number of carbonyl (C=O) groups excluding carboxylic acids is 1. The number of fused-ring (bicyclic) bond motifs is 1. The lowest BCUT2D eigenvalue weighted by Gasteiger charge is -2.13. The predicted octanol–water partition coefficient (Wildman–Crippen LogP) is 3.35. The highest BCUT2D eigenvalue weighted by Crippen LogP contribution is 2.23. The van der Waals surface area contributed by atoms with Crippen LogP contribution in [0.3, 0.4) is 0 Å². The number of unbranched alkanes of at least 4 members (excludes halogenated alkanes) is 4. The zero-order chi connectivity index (χ0) is 26.1. The Morgan fingerprint density at radius 3 is 2.36 bits per heavy atom. The Hall–Kier alpha value is -3.73. The highest BCUT2D eigenvalue weighted by atomic mass is 32.1. The van der Waals surface area contributed by atoms with Gasteiger partial charge < -0.3 is 21.3 Å². The van der Waals surface area contributed by atoms with Crippen LogP contribution in [-0.4, -0.2) is 44.1 Å². The van der Waals surface area contributed by atoms with Crippen molar-refractivity contribution in [1.82, 2.24) is 15.3 Å². The second-order valence-electron chi connectivity index (χ2n) is 8.64. The molecule has 0 bridgehead atoms.